The highest BCUT2D eigenvalue weighted by molar-refractivity contribution is 4.87. The van der Waals surface area contributed by atoms with E-state index in [0.29, 0.717) is 0 Å². The molecule has 0 aliphatic carbocycles. The average molecular weight is 180 g/mol. The molecule has 0 amide bonds. The maximum absolute atomic E-state index is 9.12. The van der Waals surface area contributed by atoms with Crippen molar-refractivity contribution in [1.29, 1.82) is 0 Å². The highest BCUT2D eigenvalue weighted by Crippen LogP contribution is 2.18. The van der Waals surface area contributed by atoms with Crippen LogP contribution in [0.5, 0.6) is 0 Å². The van der Waals surface area contributed by atoms with Gasteiger partial charge in [0.2, 0.25) is 0 Å². The molecule has 0 aromatic carbocycles. The third-order valence-electron chi connectivity index (χ3n) is 1.87. The van der Waals surface area contributed by atoms with E-state index in [4.69, 9.17) is 25.5 Å². The number of hydrogen-bond donors (Lipinski definition) is 5. The van der Waals surface area contributed by atoms with E-state index >= 15 is 0 Å². The number of aliphatic hydroxyl groups excluding tert-OH is 5. The second-order valence-corrected chi connectivity index (χ2v) is 2.72. The highest BCUT2D eigenvalue weighted by atomic mass is 16.6. The van der Waals surface area contributed by atoms with Crippen molar-refractivity contribution in [2.75, 3.05) is 6.61 Å². The smallest absolute Gasteiger partial charge is 0.184 e. The highest BCUT2D eigenvalue weighted by Gasteiger charge is 2.42. The van der Waals surface area contributed by atoms with Crippen LogP contribution in [0.15, 0.2) is 0 Å². The molecule has 72 valence electrons. The van der Waals surface area contributed by atoms with Crippen LogP contribution in [0.25, 0.3) is 0 Å². The third kappa shape index (κ3) is 1.58. The van der Waals surface area contributed by atoms with Crippen molar-refractivity contribution in [2.45, 2.75) is 30.7 Å². The molecule has 5 N–H and O–H groups in total. The Labute approximate surface area is 68.6 Å². The lowest BCUT2D eigenvalue weighted by molar-refractivity contribution is -0.286. The average Bonchev–Trinajstić information content (AvgIpc) is 2.08. The maximum atomic E-state index is 9.12. The summed E-state index contributed by atoms with van der Waals surface area (Å²) in [5, 5.41) is 44.7. The molecule has 1 aliphatic rings. The molecule has 0 spiro atoms. The second-order valence-electron chi connectivity index (χ2n) is 2.72. The van der Waals surface area contributed by atoms with E-state index < -0.39 is 37.3 Å². The standard InChI is InChI=1S/C6H12O6/c7-1-2-3(8)4(9)5(10)6(11)12-2/h2-11H,1H2/t2-,3-,4+,5+,6-/m0/s1. The first-order chi connectivity index (χ1) is 5.57. The maximum Gasteiger partial charge on any atom is 0.184 e. The van der Waals surface area contributed by atoms with Crippen molar-refractivity contribution in [3.8, 4) is 0 Å². The van der Waals surface area contributed by atoms with Gasteiger partial charge in [0, 0.05) is 0 Å². The Balaban J connectivity index is 2.63. The molecule has 5 atom stereocenters. The van der Waals surface area contributed by atoms with Crippen molar-refractivity contribution in [2.24, 2.45) is 0 Å². The monoisotopic (exact) mass is 180 g/mol. The summed E-state index contributed by atoms with van der Waals surface area (Å²) in [7, 11) is 0. The molecule has 0 radical (unpaired) electrons. The Morgan fingerprint density at radius 3 is 2.00 bits per heavy atom. The first-order valence-electron chi connectivity index (χ1n) is 3.56. The van der Waals surface area contributed by atoms with Crippen molar-refractivity contribution >= 4 is 0 Å². The summed E-state index contributed by atoms with van der Waals surface area (Å²) in [6.07, 6.45) is -7.04. The molecule has 1 fully saturated rings. The van der Waals surface area contributed by atoms with Crippen molar-refractivity contribution < 1.29 is 30.3 Å². The summed E-state index contributed by atoms with van der Waals surface area (Å²) < 4.78 is 4.58. The zero-order valence-electron chi connectivity index (χ0n) is 6.24. The van der Waals surface area contributed by atoms with Crippen LogP contribution in [0.3, 0.4) is 0 Å². The first-order valence-corrected chi connectivity index (χ1v) is 3.56. The molecule has 1 rings (SSSR count). The second kappa shape index (κ2) is 3.65. The van der Waals surface area contributed by atoms with Gasteiger partial charge in [0.05, 0.1) is 6.61 Å². The molecule has 1 aliphatic heterocycles. The molecule has 1 saturated heterocycles. The SMILES string of the molecule is OC[C@@H]1O[C@H](O)[C@H](O)[C@H](O)[C@H]1O. The van der Waals surface area contributed by atoms with Crippen molar-refractivity contribution in [3.63, 3.8) is 0 Å². The minimum atomic E-state index is -1.57. The predicted molar refractivity (Wildman–Crippen MR) is 36.0 cm³/mol. The van der Waals surface area contributed by atoms with Crippen molar-refractivity contribution in [1.82, 2.24) is 0 Å². The van der Waals surface area contributed by atoms with Gasteiger partial charge in [-0.15, -0.1) is 0 Å². The van der Waals surface area contributed by atoms with Crippen LogP contribution in [0.4, 0.5) is 0 Å². The van der Waals surface area contributed by atoms with E-state index in [1.807, 2.05) is 0 Å². The normalized spacial score (nSPS) is 49.2. The van der Waals surface area contributed by atoms with Crippen LogP contribution in [0, 0.1) is 0 Å². The van der Waals surface area contributed by atoms with E-state index in [0.717, 1.165) is 0 Å². The van der Waals surface area contributed by atoms with Gasteiger partial charge in [-0.1, -0.05) is 0 Å². The van der Waals surface area contributed by atoms with Crippen LogP contribution < -0.4 is 0 Å². The Morgan fingerprint density at radius 1 is 0.917 bits per heavy atom. The van der Waals surface area contributed by atoms with Gasteiger partial charge in [0.25, 0.3) is 0 Å². The van der Waals surface area contributed by atoms with Crippen LogP contribution in [-0.2, 0) is 4.74 Å². The summed E-state index contributed by atoms with van der Waals surface area (Å²) in [6, 6.07) is 0. The fraction of sp³-hybridized carbons (Fsp3) is 1.00. The lowest BCUT2D eigenvalue weighted by Gasteiger charge is -2.37. The Kier molecular flexibility index (Phi) is 2.99. The van der Waals surface area contributed by atoms with Crippen LogP contribution in [-0.4, -0.2) is 62.8 Å². The first kappa shape index (κ1) is 9.85. The van der Waals surface area contributed by atoms with E-state index in [9.17, 15) is 0 Å². The summed E-state index contributed by atoms with van der Waals surface area (Å²) in [4.78, 5) is 0. The van der Waals surface area contributed by atoms with Crippen LogP contribution in [0.2, 0.25) is 0 Å². The van der Waals surface area contributed by atoms with Gasteiger partial charge >= 0.3 is 0 Å². The molecular weight excluding hydrogens is 168 g/mol. The minimum Gasteiger partial charge on any atom is -0.394 e. The molecule has 6 nitrogen and oxygen atoms in total. The lowest BCUT2D eigenvalue weighted by atomic mass is 10.00. The molecular formula is C6H12O6. The molecule has 0 aromatic rings. The summed E-state index contributed by atoms with van der Waals surface area (Å²) in [5.74, 6) is 0. The zero-order chi connectivity index (χ0) is 9.30. The Bertz CT molecular complexity index is 146. The molecule has 1 heterocycles. The molecule has 0 saturated carbocycles. The third-order valence-corrected chi connectivity index (χ3v) is 1.87. The summed E-state index contributed by atoms with van der Waals surface area (Å²) in [5.41, 5.74) is 0. The number of aliphatic hydroxyl groups is 5. The fourth-order valence-corrected chi connectivity index (χ4v) is 1.08. The van der Waals surface area contributed by atoms with E-state index in [2.05, 4.69) is 4.74 Å². The fourth-order valence-electron chi connectivity index (χ4n) is 1.08. The summed E-state index contributed by atoms with van der Waals surface area (Å²) >= 11 is 0. The lowest BCUT2D eigenvalue weighted by Crippen LogP contribution is -2.58. The van der Waals surface area contributed by atoms with Gasteiger partial charge in [-0.05, 0) is 0 Å². The topological polar surface area (TPSA) is 110 Å². The minimum absolute atomic E-state index is 0.526. The Hall–Kier alpha value is -0.240. The van der Waals surface area contributed by atoms with Gasteiger partial charge < -0.3 is 30.3 Å². The molecule has 0 aromatic heterocycles. The largest absolute Gasteiger partial charge is 0.394 e. The molecule has 0 unspecified atom stereocenters. The molecule has 6 heteroatoms. The Morgan fingerprint density at radius 2 is 1.50 bits per heavy atom. The number of ether oxygens (including phenoxy) is 1. The number of hydrogen-bond acceptors (Lipinski definition) is 6. The van der Waals surface area contributed by atoms with Gasteiger partial charge in [0.1, 0.15) is 24.4 Å². The van der Waals surface area contributed by atoms with Crippen LogP contribution >= 0.6 is 0 Å². The number of rotatable bonds is 1. The van der Waals surface area contributed by atoms with E-state index in [1.54, 1.807) is 0 Å². The quantitative estimate of drug-likeness (QED) is 0.290. The predicted octanol–water partition coefficient (Wildman–Crippen LogP) is -3.22. The van der Waals surface area contributed by atoms with Crippen LogP contribution in [0.1, 0.15) is 0 Å². The van der Waals surface area contributed by atoms with Gasteiger partial charge in [-0.25, -0.2) is 0 Å². The van der Waals surface area contributed by atoms with Crippen molar-refractivity contribution in [3.05, 3.63) is 0 Å². The zero-order valence-corrected chi connectivity index (χ0v) is 6.24. The van der Waals surface area contributed by atoms with E-state index in [-0.39, 0.29) is 0 Å². The summed E-state index contributed by atoms with van der Waals surface area (Å²) in [6.45, 7) is -0.526. The molecule has 12 heavy (non-hydrogen) atoms. The van der Waals surface area contributed by atoms with Gasteiger partial charge in [0.15, 0.2) is 6.29 Å². The van der Waals surface area contributed by atoms with Gasteiger partial charge in [-0.3, -0.25) is 0 Å². The van der Waals surface area contributed by atoms with E-state index in [1.165, 1.54) is 0 Å². The molecule has 0 bridgehead atoms. The van der Waals surface area contributed by atoms with Gasteiger partial charge in [-0.2, -0.15) is 0 Å².